The molecule has 0 aliphatic carbocycles. The summed E-state index contributed by atoms with van der Waals surface area (Å²) in [5.41, 5.74) is 1.10. The summed E-state index contributed by atoms with van der Waals surface area (Å²) in [4.78, 5) is 27.1. The van der Waals surface area contributed by atoms with Crippen LogP contribution in [-0.4, -0.2) is 46.7 Å². The minimum atomic E-state index is -0.400. The van der Waals surface area contributed by atoms with Crippen LogP contribution >= 0.6 is 11.3 Å². The quantitative estimate of drug-likeness (QED) is 0.544. The van der Waals surface area contributed by atoms with Crippen LogP contribution < -0.4 is 15.4 Å². The molecule has 1 aromatic heterocycles. The van der Waals surface area contributed by atoms with Gasteiger partial charge in [-0.05, 0) is 56.2 Å². The summed E-state index contributed by atoms with van der Waals surface area (Å²) in [6, 6.07) is 12.6. The molecular formula is C23H24FN5O3S. The first-order valence-corrected chi connectivity index (χ1v) is 11.5. The van der Waals surface area contributed by atoms with Crippen LogP contribution in [0.2, 0.25) is 0 Å². The highest BCUT2D eigenvalue weighted by molar-refractivity contribution is 7.13. The fourth-order valence-electron chi connectivity index (χ4n) is 3.62. The number of ether oxygens (including phenoxy) is 1. The van der Waals surface area contributed by atoms with Gasteiger partial charge in [0.05, 0.1) is 12.3 Å². The third-order valence-electron chi connectivity index (χ3n) is 5.22. The molecule has 3 amide bonds. The van der Waals surface area contributed by atoms with E-state index in [1.165, 1.54) is 35.6 Å². The highest BCUT2D eigenvalue weighted by Crippen LogP contribution is 2.30. The molecule has 1 saturated heterocycles. The molecule has 0 bridgehead atoms. The summed E-state index contributed by atoms with van der Waals surface area (Å²) in [6.45, 7) is 3.52. The zero-order valence-corrected chi connectivity index (χ0v) is 18.9. The van der Waals surface area contributed by atoms with Crippen molar-refractivity contribution in [3.05, 3.63) is 64.4 Å². The number of piperidine rings is 1. The van der Waals surface area contributed by atoms with E-state index in [1.807, 2.05) is 25.1 Å². The monoisotopic (exact) mass is 469 g/mol. The number of nitrogens with one attached hydrogen (secondary N) is 2. The highest BCUT2D eigenvalue weighted by atomic mass is 32.1. The van der Waals surface area contributed by atoms with Crippen molar-refractivity contribution in [1.29, 1.82) is 0 Å². The lowest BCUT2D eigenvalue weighted by Crippen LogP contribution is -2.41. The Morgan fingerprint density at radius 3 is 2.73 bits per heavy atom. The van der Waals surface area contributed by atoms with Crippen molar-refractivity contribution in [3.63, 3.8) is 0 Å². The number of carbonyl (C=O) groups excluding carboxylic acids is 2. The first-order chi connectivity index (χ1) is 16.0. The molecule has 1 fully saturated rings. The summed E-state index contributed by atoms with van der Waals surface area (Å²) in [7, 11) is 0. The SMILES string of the molecule is CCOc1ccccc1NC(=O)N1CCC[C@@H](c2nnc(C(=O)Nc3ccc(F)cc3)s2)C1. The maximum absolute atomic E-state index is 13.0. The third-order valence-corrected chi connectivity index (χ3v) is 6.31. The van der Waals surface area contributed by atoms with Gasteiger partial charge in [0, 0.05) is 24.7 Å². The lowest BCUT2D eigenvalue weighted by molar-refractivity contribution is 0.102. The number of halogens is 1. The number of hydrogen-bond donors (Lipinski definition) is 2. The molecule has 33 heavy (non-hydrogen) atoms. The Hall–Kier alpha value is -3.53. The van der Waals surface area contributed by atoms with E-state index in [4.69, 9.17) is 4.74 Å². The van der Waals surface area contributed by atoms with Crippen molar-refractivity contribution in [3.8, 4) is 5.75 Å². The van der Waals surface area contributed by atoms with Gasteiger partial charge in [0.25, 0.3) is 5.91 Å². The van der Waals surface area contributed by atoms with Crippen LogP contribution in [0.3, 0.4) is 0 Å². The average molecular weight is 470 g/mol. The Labute approximate surface area is 194 Å². The number of benzene rings is 2. The molecule has 1 aliphatic heterocycles. The molecule has 8 nitrogen and oxygen atoms in total. The summed E-state index contributed by atoms with van der Waals surface area (Å²) >= 11 is 1.21. The zero-order chi connectivity index (χ0) is 23.2. The number of anilines is 2. The number of amides is 3. The molecular weight excluding hydrogens is 445 g/mol. The number of hydrogen-bond acceptors (Lipinski definition) is 6. The molecule has 172 valence electrons. The lowest BCUT2D eigenvalue weighted by Gasteiger charge is -2.31. The van der Waals surface area contributed by atoms with Gasteiger partial charge in [-0.2, -0.15) is 0 Å². The summed E-state index contributed by atoms with van der Waals surface area (Å²) in [5, 5.41) is 14.8. The zero-order valence-electron chi connectivity index (χ0n) is 18.1. The molecule has 1 atom stereocenters. The Bertz CT molecular complexity index is 1120. The first kappa shape index (κ1) is 22.7. The van der Waals surface area contributed by atoms with Crippen molar-refractivity contribution < 1.29 is 18.7 Å². The van der Waals surface area contributed by atoms with Gasteiger partial charge < -0.3 is 20.3 Å². The standard InChI is InChI=1S/C23H24FN5O3S/c1-2-32-19-8-4-3-7-18(19)26-23(31)29-13-5-6-15(14-29)21-27-28-22(33-21)20(30)25-17-11-9-16(24)10-12-17/h3-4,7-12,15H,2,5-6,13-14H2,1H3,(H,25,30)(H,26,31)/t15-/m1/s1. The van der Waals surface area contributed by atoms with Gasteiger partial charge in [0.1, 0.15) is 16.6 Å². The number of nitrogens with zero attached hydrogens (tertiary/aromatic N) is 3. The number of likely N-dealkylation sites (tertiary alicyclic amines) is 1. The maximum Gasteiger partial charge on any atom is 0.321 e. The fourth-order valence-corrected chi connectivity index (χ4v) is 4.48. The van der Waals surface area contributed by atoms with E-state index in [9.17, 15) is 14.0 Å². The largest absolute Gasteiger partial charge is 0.492 e. The Morgan fingerprint density at radius 2 is 1.94 bits per heavy atom. The molecule has 1 aliphatic rings. The molecule has 2 N–H and O–H groups in total. The molecule has 2 heterocycles. The minimum Gasteiger partial charge on any atom is -0.492 e. The molecule has 0 spiro atoms. The van der Waals surface area contributed by atoms with Gasteiger partial charge in [-0.25, -0.2) is 9.18 Å². The van der Waals surface area contributed by atoms with Crippen molar-refractivity contribution in [2.24, 2.45) is 0 Å². The Balaban J connectivity index is 1.38. The van der Waals surface area contributed by atoms with Crippen LogP contribution in [0.15, 0.2) is 48.5 Å². The topological polar surface area (TPSA) is 96.4 Å². The van der Waals surface area contributed by atoms with Crippen molar-refractivity contribution in [2.75, 3.05) is 30.3 Å². The minimum absolute atomic E-state index is 0.00323. The van der Waals surface area contributed by atoms with Crippen molar-refractivity contribution in [2.45, 2.75) is 25.7 Å². The molecule has 10 heteroatoms. The normalized spacial score (nSPS) is 15.7. The molecule has 0 unspecified atom stereocenters. The second kappa shape index (κ2) is 10.4. The average Bonchev–Trinajstić information content (AvgIpc) is 3.33. The summed E-state index contributed by atoms with van der Waals surface area (Å²) in [6.07, 6.45) is 1.68. The summed E-state index contributed by atoms with van der Waals surface area (Å²) in [5.74, 6) is -0.152. The molecule has 0 radical (unpaired) electrons. The molecule has 3 aromatic rings. The van der Waals surface area contributed by atoms with Crippen LogP contribution in [0, 0.1) is 5.82 Å². The van der Waals surface area contributed by atoms with Crippen LogP contribution in [0.4, 0.5) is 20.6 Å². The van der Waals surface area contributed by atoms with Crippen LogP contribution in [0.1, 0.15) is 40.5 Å². The van der Waals surface area contributed by atoms with Crippen LogP contribution in [-0.2, 0) is 0 Å². The van der Waals surface area contributed by atoms with Gasteiger partial charge in [-0.1, -0.05) is 23.5 Å². The van der Waals surface area contributed by atoms with Gasteiger partial charge in [0.15, 0.2) is 0 Å². The molecule has 2 aromatic carbocycles. The molecule has 0 saturated carbocycles. The van der Waals surface area contributed by atoms with Gasteiger partial charge in [-0.3, -0.25) is 4.79 Å². The van der Waals surface area contributed by atoms with E-state index in [2.05, 4.69) is 20.8 Å². The van der Waals surface area contributed by atoms with Crippen molar-refractivity contribution in [1.82, 2.24) is 15.1 Å². The number of urea groups is 1. The molecule has 4 rings (SSSR count). The fraction of sp³-hybridized carbons (Fsp3) is 0.304. The third kappa shape index (κ3) is 5.64. The number of carbonyl (C=O) groups is 2. The highest BCUT2D eigenvalue weighted by Gasteiger charge is 2.28. The predicted molar refractivity (Wildman–Crippen MR) is 124 cm³/mol. The van der Waals surface area contributed by atoms with Gasteiger partial charge in [-0.15, -0.1) is 10.2 Å². The number of rotatable bonds is 6. The van der Waals surface area contributed by atoms with E-state index in [0.29, 0.717) is 41.8 Å². The summed E-state index contributed by atoms with van der Waals surface area (Å²) < 4.78 is 18.6. The predicted octanol–water partition coefficient (Wildman–Crippen LogP) is 4.74. The maximum atomic E-state index is 13.0. The van der Waals surface area contributed by atoms with E-state index >= 15 is 0 Å². The van der Waals surface area contributed by atoms with Crippen molar-refractivity contribution >= 4 is 34.6 Å². The number of para-hydroxylation sites is 2. The second-order valence-electron chi connectivity index (χ2n) is 7.55. The van der Waals surface area contributed by atoms with Crippen LogP contribution in [0.25, 0.3) is 0 Å². The first-order valence-electron chi connectivity index (χ1n) is 10.7. The van der Waals surface area contributed by atoms with E-state index in [0.717, 1.165) is 12.8 Å². The Morgan fingerprint density at radius 1 is 1.15 bits per heavy atom. The van der Waals surface area contributed by atoms with Crippen LogP contribution in [0.5, 0.6) is 5.75 Å². The Kier molecular flexibility index (Phi) is 7.13. The van der Waals surface area contributed by atoms with E-state index in [1.54, 1.807) is 11.0 Å². The second-order valence-corrected chi connectivity index (χ2v) is 8.56. The number of aromatic nitrogens is 2. The van der Waals surface area contributed by atoms with E-state index in [-0.39, 0.29) is 22.8 Å². The lowest BCUT2D eigenvalue weighted by atomic mass is 9.99. The van der Waals surface area contributed by atoms with E-state index < -0.39 is 5.91 Å². The smallest absolute Gasteiger partial charge is 0.321 e. The van der Waals surface area contributed by atoms with Gasteiger partial charge in [0.2, 0.25) is 5.01 Å². The van der Waals surface area contributed by atoms with Gasteiger partial charge >= 0.3 is 6.03 Å².